The highest BCUT2D eigenvalue weighted by molar-refractivity contribution is 5.73. The molecule has 0 aromatic heterocycles. The van der Waals surface area contributed by atoms with Crippen molar-refractivity contribution in [3.63, 3.8) is 0 Å². The fraction of sp³-hybridized carbons (Fsp3) is 0.533. The summed E-state index contributed by atoms with van der Waals surface area (Å²) >= 11 is 0. The first-order valence-corrected chi connectivity index (χ1v) is 6.81. The fourth-order valence-electron chi connectivity index (χ4n) is 1.71. The van der Waals surface area contributed by atoms with Crippen molar-refractivity contribution in [3.8, 4) is 11.5 Å². The molecule has 0 saturated carbocycles. The van der Waals surface area contributed by atoms with Gasteiger partial charge in [-0.05, 0) is 30.2 Å². The van der Waals surface area contributed by atoms with Crippen molar-refractivity contribution < 1.29 is 14.3 Å². The number of methoxy groups -OCH3 is 1. The van der Waals surface area contributed by atoms with Crippen LogP contribution in [0, 0.1) is 5.92 Å². The molecule has 1 amide bonds. The lowest BCUT2D eigenvalue weighted by Gasteiger charge is -2.12. The number of nitrogens with two attached hydrogens (primary N) is 1. The molecule has 0 saturated heterocycles. The number of carbonyl (C=O) groups excluding carboxylic acids is 1. The third kappa shape index (κ3) is 5.93. The van der Waals surface area contributed by atoms with Crippen molar-refractivity contribution >= 4 is 5.91 Å². The molecular formula is C15H24N2O3. The number of rotatable bonds is 9. The summed E-state index contributed by atoms with van der Waals surface area (Å²) in [5.74, 6) is 1.53. The highest BCUT2D eigenvalue weighted by Crippen LogP contribution is 2.28. The summed E-state index contributed by atoms with van der Waals surface area (Å²) in [6.45, 7) is 6.36. The quantitative estimate of drug-likeness (QED) is 0.722. The van der Waals surface area contributed by atoms with Crippen LogP contribution in [0.1, 0.15) is 25.8 Å². The lowest BCUT2D eigenvalue weighted by Crippen LogP contribution is -2.19. The van der Waals surface area contributed by atoms with E-state index < -0.39 is 0 Å². The highest BCUT2D eigenvalue weighted by Gasteiger charge is 2.06. The minimum atomic E-state index is -0.376. The van der Waals surface area contributed by atoms with Gasteiger partial charge < -0.3 is 20.5 Å². The van der Waals surface area contributed by atoms with Crippen molar-refractivity contribution in [1.82, 2.24) is 5.32 Å². The molecule has 0 aliphatic rings. The van der Waals surface area contributed by atoms with E-state index in [2.05, 4.69) is 19.2 Å². The zero-order valence-electron chi connectivity index (χ0n) is 12.4. The van der Waals surface area contributed by atoms with Gasteiger partial charge in [0, 0.05) is 6.54 Å². The van der Waals surface area contributed by atoms with Crippen molar-refractivity contribution in [2.75, 3.05) is 20.3 Å². The van der Waals surface area contributed by atoms with Crippen LogP contribution in [0.25, 0.3) is 0 Å². The van der Waals surface area contributed by atoms with E-state index in [1.165, 1.54) is 0 Å². The third-order valence-electron chi connectivity index (χ3n) is 2.72. The van der Waals surface area contributed by atoms with Gasteiger partial charge in [0.25, 0.3) is 0 Å². The Kier molecular flexibility index (Phi) is 6.87. The van der Waals surface area contributed by atoms with Crippen LogP contribution < -0.4 is 20.5 Å². The molecule has 5 heteroatoms. The molecule has 0 aliphatic carbocycles. The van der Waals surface area contributed by atoms with E-state index >= 15 is 0 Å². The van der Waals surface area contributed by atoms with Gasteiger partial charge in [0.15, 0.2) is 11.5 Å². The second-order valence-corrected chi connectivity index (χ2v) is 5.07. The Labute approximate surface area is 120 Å². The minimum Gasteiger partial charge on any atom is -0.493 e. The molecule has 5 nitrogen and oxygen atoms in total. The van der Waals surface area contributed by atoms with E-state index in [0.29, 0.717) is 17.4 Å². The molecule has 0 heterocycles. The average Bonchev–Trinajstić information content (AvgIpc) is 2.39. The molecule has 0 aliphatic heterocycles. The summed E-state index contributed by atoms with van der Waals surface area (Å²) in [6, 6.07) is 5.77. The summed E-state index contributed by atoms with van der Waals surface area (Å²) < 4.78 is 10.8. The van der Waals surface area contributed by atoms with Crippen LogP contribution in [0.2, 0.25) is 0 Å². The van der Waals surface area contributed by atoms with Crippen LogP contribution >= 0.6 is 0 Å². The Bertz CT molecular complexity index is 433. The number of carbonyl (C=O) groups is 1. The lowest BCUT2D eigenvalue weighted by molar-refractivity contribution is -0.118. The third-order valence-corrected chi connectivity index (χ3v) is 2.72. The molecule has 0 atom stereocenters. The number of primary amides is 1. The SMILES string of the molecule is COc1cc(CNCC(C)C)ccc1OCCC(N)=O. The number of amides is 1. The van der Waals surface area contributed by atoms with Gasteiger partial charge in [0.2, 0.25) is 5.91 Å². The standard InChI is InChI=1S/C15H24N2O3/c1-11(2)9-17-10-12-4-5-13(14(8-12)19-3)20-7-6-15(16)18/h4-5,8,11,17H,6-7,9-10H2,1-3H3,(H2,16,18). The van der Waals surface area contributed by atoms with E-state index in [-0.39, 0.29) is 18.9 Å². The van der Waals surface area contributed by atoms with Crippen LogP contribution in [0.5, 0.6) is 11.5 Å². The van der Waals surface area contributed by atoms with Crippen LogP contribution in [-0.2, 0) is 11.3 Å². The normalized spacial score (nSPS) is 10.6. The number of hydrogen-bond donors (Lipinski definition) is 2. The molecule has 112 valence electrons. The first-order chi connectivity index (χ1) is 9.52. The van der Waals surface area contributed by atoms with Gasteiger partial charge in [-0.3, -0.25) is 4.79 Å². The van der Waals surface area contributed by atoms with E-state index in [1.54, 1.807) is 7.11 Å². The molecular weight excluding hydrogens is 256 g/mol. The maximum Gasteiger partial charge on any atom is 0.220 e. The molecule has 20 heavy (non-hydrogen) atoms. The van der Waals surface area contributed by atoms with Crippen LogP contribution in [-0.4, -0.2) is 26.2 Å². The zero-order valence-corrected chi connectivity index (χ0v) is 12.4. The largest absolute Gasteiger partial charge is 0.493 e. The monoisotopic (exact) mass is 280 g/mol. The molecule has 1 aromatic carbocycles. The Hall–Kier alpha value is -1.75. The number of nitrogens with one attached hydrogen (secondary N) is 1. The van der Waals surface area contributed by atoms with Gasteiger partial charge in [0.1, 0.15) is 0 Å². The van der Waals surface area contributed by atoms with Crippen molar-refractivity contribution in [3.05, 3.63) is 23.8 Å². The number of hydrogen-bond acceptors (Lipinski definition) is 4. The molecule has 1 aromatic rings. The molecule has 0 radical (unpaired) electrons. The summed E-state index contributed by atoms with van der Waals surface area (Å²) in [5.41, 5.74) is 6.20. The van der Waals surface area contributed by atoms with Gasteiger partial charge in [-0.1, -0.05) is 19.9 Å². The van der Waals surface area contributed by atoms with Gasteiger partial charge >= 0.3 is 0 Å². The topological polar surface area (TPSA) is 73.6 Å². The summed E-state index contributed by atoms with van der Waals surface area (Å²) in [7, 11) is 1.60. The van der Waals surface area contributed by atoms with Crippen LogP contribution in [0.15, 0.2) is 18.2 Å². The number of benzene rings is 1. The first-order valence-electron chi connectivity index (χ1n) is 6.81. The maximum absolute atomic E-state index is 10.7. The van der Waals surface area contributed by atoms with E-state index in [0.717, 1.165) is 18.7 Å². The lowest BCUT2D eigenvalue weighted by atomic mass is 10.2. The van der Waals surface area contributed by atoms with Crippen molar-refractivity contribution in [2.45, 2.75) is 26.8 Å². The Morgan fingerprint density at radius 1 is 1.35 bits per heavy atom. The molecule has 0 spiro atoms. The predicted octanol–water partition coefficient (Wildman–Crippen LogP) is 1.69. The van der Waals surface area contributed by atoms with E-state index in [4.69, 9.17) is 15.2 Å². The summed E-state index contributed by atoms with van der Waals surface area (Å²) in [4.78, 5) is 10.7. The van der Waals surface area contributed by atoms with Gasteiger partial charge in [-0.25, -0.2) is 0 Å². The Morgan fingerprint density at radius 2 is 2.10 bits per heavy atom. The van der Waals surface area contributed by atoms with Gasteiger partial charge in [0.05, 0.1) is 20.1 Å². The minimum absolute atomic E-state index is 0.195. The number of ether oxygens (including phenoxy) is 2. The second kappa shape index (κ2) is 8.43. The molecule has 0 fully saturated rings. The molecule has 0 bridgehead atoms. The van der Waals surface area contributed by atoms with Crippen molar-refractivity contribution in [2.24, 2.45) is 11.7 Å². The molecule has 1 rings (SSSR count). The van der Waals surface area contributed by atoms with E-state index in [9.17, 15) is 4.79 Å². The Balaban J connectivity index is 2.58. The predicted molar refractivity (Wildman–Crippen MR) is 78.8 cm³/mol. The van der Waals surface area contributed by atoms with Gasteiger partial charge in [-0.15, -0.1) is 0 Å². The second-order valence-electron chi connectivity index (χ2n) is 5.07. The summed E-state index contributed by atoms with van der Waals surface area (Å²) in [5, 5.41) is 3.37. The van der Waals surface area contributed by atoms with Crippen LogP contribution in [0.4, 0.5) is 0 Å². The maximum atomic E-state index is 10.7. The molecule has 3 N–H and O–H groups in total. The van der Waals surface area contributed by atoms with Gasteiger partial charge in [-0.2, -0.15) is 0 Å². The molecule has 0 unspecified atom stereocenters. The highest BCUT2D eigenvalue weighted by atomic mass is 16.5. The first kappa shape index (κ1) is 16.3. The smallest absolute Gasteiger partial charge is 0.220 e. The van der Waals surface area contributed by atoms with Crippen molar-refractivity contribution in [1.29, 1.82) is 0 Å². The zero-order chi connectivity index (χ0) is 15.0. The Morgan fingerprint density at radius 3 is 2.70 bits per heavy atom. The fourth-order valence-corrected chi connectivity index (χ4v) is 1.71. The van der Waals surface area contributed by atoms with Crippen LogP contribution in [0.3, 0.4) is 0 Å². The van der Waals surface area contributed by atoms with E-state index in [1.807, 2.05) is 18.2 Å². The average molecular weight is 280 g/mol. The summed E-state index contributed by atoms with van der Waals surface area (Å²) in [6.07, 6.45) is 0.195.